The van der Waals surface area contributed by atoms with Gasteiger partial charge in [-0.2, -0.15) is 23.8 Å². The van der Waals surface area contributed by atoms with Crippen molar-refractivity contribution >= 4 is 16.7 Å². The minimum atomic E-state index is -0.125. The zero-order chi connectivity index (χ0) is 19.2. The van der Waals surface area contributed by atoms with Crippen LogP contribution in [0, 0.1) is 12.0 Å². The third-order valence-electron chi connectivity index (χ3n) is 5.39. The van der Waals surface area contributed by atoms with Gasteiger partial charge >= 0.3 is 0 Å². The number of piperidine rings is 1. The van der Waals surface area contributed by atoms with Gasteiger partial charge in [0.05, 0.1) is 5.76 Å². The largest absolute Gasteiger partial charge is 0.654 e. The summed E-state index contributed by atoms with van der Waals surface area (Å²) in [5.41, 5.74) is 2.31. The van der Waals surface area contributed by atoms with Crippen LogP contribution in [0.1, 0.15) is 64.0 Å². The molecule has 2 aliphatic rings. The second kappa shape index (κ2) is 10.8. The Bertz CT molecular complexity index is 812. The van der Waals surface area contributed by atoms with Gasteiger partial charge < -0.3 is 15.4 Å². The molecule has 2 aromatic rings. The average Bonchev–Trinajstić information content (AvgIpc) is 2.66. The molecule has 1 aromatic carbocycles. The minimum Gasteiger partial charge on any atom is -0.654 e. The van der Waals surface area contributed by atoms with Crippen molar-refractivity contribution in [3.63, 3.8) is 0 Å². The van der Waals surface area contributed by atoms with E-state index in [0.29, 0.717) is 12.1 Å². The summed E-state index contributed by atoms with van der Waals surface area (Å²) < 4.78 is 0. The number of pyridine rings is 1. The number of aliphatic hydroxyl groups excluding tert-OH is 1. The third-order valence-corrected chi connectivity index (χ3v) is 5.39. The van der Waals surface area contributed by atoms with Gasteiger partial charge in [-0.3, -0.25) is 4.79 Å². The molecule has 1 aliphatic heterocycles. The van der Waals surface area contributed by atoms with Crippen LogP contribution in [0.2, 0.25) is 0 Å². The van der Waals surface area contributed by atoms with E-state index < -0.39 is 0 Å². The van der Waals surface area contributed by atoms with Crippen LogP contribution < -0.4 is 0 Å². The third kappa shape index (κ3) is 5.97. The Balaban J connectivity index is 0.000000306. The smallest absolute Gasteiger partial charge is 0.155 e. The first-order valence-electron chi connectivity index (χ1n) is 9.87. The van der Waals surface area contributed by atoms with Gasteiger partial charge in [-0.25, -0.2) is 0 Å². The molecule has 2 fully saturated rings. The topological polar surface area (TPSA) is 64.3 Å². The van der Waals surface area contributed by atoms with Gasteiger partial charge in [0.25, 0.3) is 0 Å². The molecule has 0 spiro atoms. The van der Waals surface area contributed by atoms with Crippen LogP contribution in [0.4, 0.5) is 0 Å². The van der Waals surface area contributed by atoms with E-state index in [1.165, 1.54) is 69.4 Å². The summed E-state index contributed by atoms with van der Waals surface area (Å²) in [6, 6.07) is 12.6. The van der Waals surface area contributed by atoms with E-state index in [-0.39, 0.29) is 31.6 Å². The summed E-state index contributed by atoms with van der Waals surface area (Å²) in [6.45, 7) is 2.85. The Labute approximate surface area is 181 Å². The molecule has 153 valence electrons. The molecule has 4 nitrogen and oxygen atoms in total. The number of hydrogen-bond acceptors (Lipinski definition) is 3. The number of hydrogen-bond donors (Lipinski definition) is 1. The van der Waals surface area contributed by atoms with Gasteiger partial charge in [0.2, 0.25) is 0 Å². The van der Waals surface area contributed by atoms with Gasteiger partial charge in [-0.1, -0.05) is 50.5 Å². The van der Waals surface area contributed by atoms with Crippen molar-refractivity contribution in [3.05, 3.63) is 59.2 Å². The molecule has 1 saturated heterocycles. The first-order valence-corrected chi connectivity index (χ1v) is 9.87. The van der Waals surface area contributed by atoms with Gasteiger partial charge in [-0.15, -0.1) is 17.5 Å². The molecule has 1 aromatic heterocycles. The Hall–Kier alpha value is -1.55. The van der Waals surface area contributed by atoms with Crippen molar-refractivity contribution in [1.82, 2.24) is 4.98 Å². The van der Waals surface area contributed by atoms with Crippen LogP contribution in [0.5, 0.6) is 0 Å². The predicted molar refractivity (Wildman–Crippen MR) is 109 cm³/mol. The fourth-order valence-electron chi connectivity index (χ4n) is 4.23. The van der Waals surface area contributed by atoms with Gasteiger partial charge in [0, 0.05) is 32.4 Å². The number of rotatable bonds is 2. The molecule has 4 rings (SSSR count). The maximum atomic E-state index is 10.0. The van der Waals surface area contributed by atoms with Gasteiger partial charge in [0.15, 0.2) is 5.78 Å². The number of nitrogens with zero attached hydrogens (tertiary/aromatic N) is 2. The number of carbonyl (C=O) groups excluding carboxylic acids is 1. The summed E-state index contributed by atoms with van der Waals surface area (Å²) in [5, 5.41) is 14.7. The maximum Gasteiger partial charge on any atom is 0.155 e. The summed E-state index contributed by atoms with van der Waals surface area (Å²) in [7, 11) is 0. The predicted octanol–water partition coefficient (Wildman–Crippen LogP) is 5.84. The number of allylic oxidation sites excluding steroid dienone is 2. The van der Waals surface area contributed by atoms with Gasteiger partial charge in [-0.05, 0) is 25.4 Å². The molecule has 5 heteroatoms. The molecule has 3 atom stereocenters. The van der Waals surface area contributed by atoms with Crippen LogP contribution in [0.15, 0.2) is 42.3 Å². The normalized spacial score (nSPS) is 24.4. The quantitative estimate of drug-likeness (QED) is 0.287. The van der Waals surface area contributed by atoms with Crippen LogP contribution in [-0.4, -0.2) is 21.9 Å². The Morgan fingerprint density at radius 2 is 2.00 bits per heavy atom. The molecule has 2 heterocycles. The Morgan fingerprint density at radius 1 is 1.21 bits per heavy atom. The van der Waals surface area contributed by atoms with E-state index in [2.05, 4.69) is 23.2 Å². The zero-order valence-electron chi connectivity index (χ0n) is 16.5. The van der Waals surface area contributed by atoms with Crippen LogP contribution in [0.3, 0.4) is 0 Å². The first-order chi connectivity index (χ1) is 13.0. The number of aliphatic hydroxyl groups is 1. The summed E-state index contributed by atoms with van der Waals surface area (Å²) in [5.74, 6) is 0.787. The molecule has 1 radical (unpaired) electrons. The molecule has 0 bridgehead atoms. The number of benzene rings is 1. The fourth-order valence-corrected chi connectivity index (χ4v) is 4.23. The van der Waals surface area contributed by atoms with E-state index >= 15 is 0 Å². The van der Waals surface area contributed by atoms with E-state index in [1.807, 2.05) is 18.3 Å². The van der Waals surface area contributed by atoms with Crippen molar-refractivity contribution in [2.75, 3.05) is 0 Å². The minimum absolute atomic E-state index is 0. The van der Waals surface area contributed by atoms with E-state index in [0.717, 1.165) is 11.4 Å². The average molecular weight is 557 g/mol. The van der Waals surface area contributed by atoms with E-state index in [4.69, 9.17) is 10.4 Å². The monoisotopic (exact) mass is 557 g/mol. The number of ketones is 1. The molecule has 28 heavy (non-hydrogen) atoms. The Morgan fingerprint density at radius 3 is 2.71 bits per heavy atom. The van der Waals surface area contributed by atoms with Crippen molar-refractivity contribution in [2.24, 2.45) is 5.92 Å². The van der Waals surface area contributed by atoms with Crippen molar-refractivity contribution in [3.8, 4) is 0 Å². The fraction of sp³-hybridized carbons (Fsp3) is 0.478. The van der Waals surface area contributed by atoms with Crippen molar-refractivity contribution in [1.29, 1.82) is 0 Å². The SMILES string of the molecule is CC(=O)/C=C(/C)O.[Ir].[c-]1ccc2cccnc2c1C1CCC2CCCCC2[N-]1. The zero-order valence-corrected chi connectivity index (χ0v) is 18.9. The van der Waals surface area contributed by atoms with Gasteiger partial charge in [0.1, 0.15) is 0 Å². The van der Waals surface area contributed by atoms with Crippen LogP contribution in [-0.2, 0) is 24.9 Å². The molecule has 1 N–H and O–H groups in total. The molecular formula is C23H28IrN2O2-2. The summed E-state index contributed by atoms with van der Waals surface area (Å²) in [4.78, 5) is 14.6. The molecular weight excluding hydrogens is 528 g/mol. The van der Waals surface area contributed by atoms with Crippen molar-refractivity contribution in [2.45, 2.75) is 64.5 Å². The van der Waals surface area contributed by atoms with E-state index in [9.17, 15) is 4.79 Å². The standard InChI is InChI=1S/C18H20N2.C5H8O2.Ir/c1-2-9-16-13(5-1)10-11-17(20-16)15-8-3-6-14-7-4-12-19-18(14)15;1-4(6)3-5(2)7;/h3-4,6-7,12-13,16-17H,1-2,5,9-11H2;3,6H,1-2H3;/q-2;;/b;4-3-;. The first kappa shape index (κ1) is 22.7. The van der Waals surface area contributed by atoms with Crippen LogP contribution in [0.25, 0.3) is 16.2 Å². The molecule has 0 amide bonds. The number of fused-ring (bicyclic) bond motifs is 2. The van der Waals surface area contributed by atoms with Crippen molar-refractivity contribution < 1.29 is 30.0 Å². The molecule has 1 saturated carbocycles. The Kier molecular flexibility index (Phi) is 8.81. The molecule has 1 aliphatic carbocycles. The molecule has 3 unspecified atom stereocenters. The summed E-state index contributed by atoms with van der Waals surface area (Å²) in [6.07, 6.45) is 11.0. The van der Waals surface area contributed by atoms with Crippen LogP contribution >= 0.6 is 0 Å². The number of aromatic nitrogens is 1. The summed E-state index contributed by atoms with van der Waals surface area (Å²) >= 11 is 0. The van der Waals surface area contributed by atoms with E-state index in [1.54, 1.807) is 0 Å². The second-order valence-electron chi connectivity index (χ2n) is 7.58. The number of carbonyl (C=O) groups is 1. The maximum absolute atomic E-state index is 10.0. The second-order valence-corrected chi connectivity index (χ2v) is 7.58.